The van der Waals surface area contributed by atoms with Crippen molar-refractivity contribution in [3.05, 3.63) is 55.0 Å². The second kappa shape index (κ2) is 6.65. The van der Waals surface area contributed by atoms with Crippen molar-refractivity contribution in [3.8, 4) is 0 Å². The van der Waals surface area contributed by atoms with E-state index in [0.717, 1.165) is 12.8 Å². The number of rotatable bonds is 6. The lowest BCUT2D eigenvalue weighted by Gasteiger charge is -2.14. The Morgan fingerprint density at radius 1 is 0.895 bits per heavy atom. The second-order valence-electron chi connectivity index (χ2n) is 4.94. The molecule has 0 saturated carbocycles. The standard InChI is InChI=1S/C17H19F2/c1-13(7-2-5-12-17(18)19)15-11-6-9-14-8-3-4-10-16(14)15/h3-4,6,8-11,13,17H,1-2,5,7,12H2. The van der Waals surface area contributed by atoms with E-state index in [0.29, 0.717) is 6.42 Å². The normalized spacial score (nSPS) is 13.1. The zero-order valence-electron chi connectivity index (χ0n) is 11.0. The van der Waals surface area contributed by atoms with E-state index in [-0.39, 0.29) is 12.3 Å². The molecule has 0 bridgehead atoms. The molecule has 2 heteroatoms. The van der Waals surface area contributed by atoms with E-state index in [1.165, 1.54) is 16.3 Å². The molecule has 2 rings (SSSR count). The molecule has 101 valence electrons. The van der Waals surface area contributed by atoms with Gasteiger partial charge in [-0.25, -0.2) is 8.78 Å². The quantitative estimate of drug-likeness (QED) is 0.595. The van der Waals surface area contributed by atoms with Crippen LogP contribution >= 0.6 is 0 Å². The first-order valence-corrected chi connectivity index (χ1v) is 6.77. The molecule has 0 aliphatic heterocycles. The minimum absolute atomic E-state index is 0.00224. The molecule has 19 heavy (non-hydrogen) atoms. The third-order valence-electron chi connectivity index (χ3n) is 3.49. The Morgan fingerprint density at radius 2 is 1.58 bits per heavy atom. The molecule has 0 saturated heterocycles. The molecule has 0 amide bonds. The Bertz CT molecular complexity index is 514. The Kier molecular flexibility index (Phi) is 4.89. The average Bonchev–Trinajstić information content (AvgIpc) is 2.42. The highest BCUT2D eigenvalue weighted by Gasteiger charge is 2.09. The molecule has 0 aliphatic rings. The van der Waals surface area contributed by atoms with Gasteiger partial charge in [0.1, 0.15) is 0 Å². The number of hydrogen-bond donors (Lipinski definition) is 0. The van der Waals surface area contributed by atoms with Crippen LogP contribution in [0.15, 0.2) is 42.5 Å². The van der Waals surface area contributed by atoms with Crippen LogP contribution < -0.4 is 0 Å². The van der Waals surface area contributed by atoms with Gasteiger partial charge in [0.05, 0.1) is 0 Å². The van der Waals surface area contributed by atoms with Crippen LogP contribution in [0.3, 0.4) is 0 Å². The van der Waals surface area contributed by atoms with E-state index in [2.05, 4.69) is 31.2 Å². The predicted molar refractivity (Wildman–Crippen MR) is 76.5 cm³/mol. The van der Waals surface area contributed by atoms with Crippen LogP contribution in [0, 0.1) is 6.92 Å². The van der Waals surface area contributed by atoms with Crippen LogP contribution in [0.2, 0.25) is 0 Å². The second-order valence-corrected chi connectivity index (χ2v) is 4.94. The van der Waals surface area contributed by atoms with Gasteiger partial charge in [0.15, 0.2) is 0 Å². The summed E-state index contributed by atoms with van der Waals surface area (Å²) in [6, 6.07) is 14.4. The number of hydrogen-bond acceptors (Lipinski definition) is 0. The molecule has 0 spiro atoms. The zero-order valence-corrected chi connectivity index (χ0v) is 11.0. The maximum atomic E-state index is 12.1. The SMILES string of the molecule is [CH2]C(CCCCC(F)F)c1cccc2ccccc12. The lowest BCUT2D eigenvalue weighted by molar-refractivity contribution is 0.133. The van der Waals surface area contributed by atoms with Crippen molar-refractivity contribution in [2.75, 3.05) is 0 Å². The third-order valence-corrected chi connectivity index (χ3v) is 3.49. The van der Waals surface area contributed by atoms with E-state index in [9.17, 15) is 8.78 Å². The number of alkyl halides is 2. The molecular weight excluding hydrogens is 242 g/mol. The van der Waals surface area contributed by atoms with Crippen molar-refractivity contribution < 1.29 is 8.78 Å². The van der Waals surface area contributed by atoms with E-state index in [1.807, 2.05) is 18.2 Å². The number of benzene rings is 2. The Balaban J connectivity index is 2.03. The lowest BCUT2D eigenvalue weighted by atomic mass is 9.91. The highest BCUT2D eigenvalue weighted by atomic mass is 19.3. The summed E-state index contributed by atoms with van der Waals surface area (Å²) >= 11 is 0. The third kappa shape index (κ3) is 3.76. The van der Waals surface area contributed by atoms with Crippen LogP contribution in [0.1, 0.15) is 37.2 Å². The van der Waals surface area contributed by atoms with Crippen molar-refractivity contribution in [3.63, 3.8) is 0 Å². The predicted octanol–water partition coefficient (Wildman–Crippen LogP) is 5.58. The van der Waals surface area contributed by atoms with Crippen molar-refractivity contribution in [2.45, 2.75) is 38.0 Å². The van der Waals surface area contributed by atoms with Crippen LogP contribution in [0.25, 0.3) is 10.8 Å². The molecular formula is C17H19F2. The molecule has 0 N–H and O–H groups in total. The van der Waals surface area contributed by atoms with Crippen LogP contribution in [-0.2, 0) is 0 Å². The fourth-order valence-electron chi connectivity index (χ4n) is 2.45. The first kappa shape index (κ1) is 14.0. The van der Waals surface area contributed by atoms with Crippen LogP contribution in [0.5, 0.6) is 0 Å². The Labute approximate surface area is 113 Å². The lowest BCUT2D eigenvalue weighted by Crippen LogP contribution is -1.97. The van der Waals surface area contributed by atoms with Crippen molar-refractivity contribution in [1.29, 1.82) is 0 Å². The van der Waals surface area contributed by atoms with Gasteiger partial charge in [0.2, 0.25) is 6.43 Å². The summed E-state index contributed by atoms with van der Waals surface area (Å²) < 4.78 is 24.1. The van der Waals surface area contributed by atoms with Crippen molar-refractivity contribution in [1.82, 2.24) is 0 Å². The number of fused-ring (bicyclic) bond motifs is 1. The summed E-state index contributed by atoms with van der Waals surface area (Å²) in [5.74, 6) is 0.170. The van der Waals surface area contributed by atoms with Gasteiger partial charge in [-0.3, -0.25) is 0 Å². The Hall–Kier alpha value is -1.44. The summed E-state index contributed by atoms with van der Waals surface area (Å²) in [5.41, 5.74) is 1.22. The average molecular weight is 261 g/mol. The van der Waals surface area contributed by atoms with Gasteiger partial charge in [-0.05, 0) is 42.0 Å². The fourth-order valence-corrected chi connectivity index (χ4v) is 2.45. The minimum Gasteiger partial charge on any atom is -0.211 e. The zero-order chi connectivity index (χ0) is 13.7. The maximum absolute atomic E-state index is 12.1. The molecule has 1 unspecified atom stereocenters. The summed E-state index contributed by atoms with van der Waals surface area (Å²) in [6.45, 7) is 4.19. The highest BCUT2D eigenvalue weighted by molar-refractivity contribution is 5.86. The molecule has 1 radical (unpaired) electrons. The Morgan fingerprint density at radius 3 is 2.37 bits per heavy atom. The molecule has 0 nitrogen and oxygen atoms in total. The van der Waals surface area contributed by atoms with Crippen LogP contribution in [0.4, 0.5) is 8.78 Å². The number of halogens is 2. The van der Waals surface area contributed by atoms with Crippen molar-refractivity contribution in [2.24, 2.45) is 0 Å². The van der Waals surface area contributed by atoms with Crippen LogP contribution in [-0.4, -0.2) is 6.43 Å². The van der Waals surface area contributed by atoms with E-state index >= 15 is 0 Å². The van der Waals surface area contributed by atoms with Gasteiger partial charge in [-0.1, -0.05) is 48.9 Å². The van der Waals surface area contributed by atoms with Gasteiger partial charge in [-0.15, -0.1) is 0 Å². The molecule has 0 aromatic heterocycles. The summed E-state index contributed by atoms with van der Waals surface area (Å²) in [7, 11) is 0. The van der Waals surface area contributed by atoms with Gasteiger partial charge < -0.3 is 0 Å². The maximum Gasteiger partial charge on any atom is 0.238 e. The summed E-state index contributed by atoms with van der Waals surface area (Å²) in [4.78, 5) is 0. The minimum atomic E-state index is -2.18. The fraction of sp³-hybridized carbons (Fsp3) is 0.353. The largest absolute Gasteiger partial charge is 0.238 e. The molecule has 0 aliphatic carbocycles. The summed E-state index contributed by atoms with van der Waals surface area (Å²) in [6.07, 6.45) is 0.0694. The molecule has 2 aromatic carbocycles. The van der Waals surface area contributed by atoms with E-state index in [4.69, 9.17) is 0 Å². The first-order valence-electron chi connectivity index (χ1n) is 6.77. The smallest absolute Gasteiger partial charge is 0.211 e. The molecule has 1 atom stereocenters. The van der Waals surface area contributed by atoms with Gasteiger partial charge in [0, 0.05) is 6.42 Å². The molecule has 0 fully saturated rings. The van der Waals surface area contributed by atoms with E-state index in [1.54, 1.807) is 0 Å². The monoisotopic (exact) mass is 261 g/mol. The van der Waals surface area contributed by atoms with Gasteiger partial charge in [0.25, 0.3) is 0 Å². The topological polar surface area (TPSA) is 0 Å². The molecule has 0 heterocycles. The van der Waals surface area contributed by atoms with Gasteiger partial charge in [-0.2, -0.15) is 0 Å². The molecule has 2 aromatic rings. The number of unbranched alkanes of at least 4 members (excludes halogenated alkanes) is 1. The van der Waals surface area contributed by atoms with Crippen molar-refractivity contribution >= 4 is 10.8 Å². The van der Waals surface area contributed by atoms with E-state index < -0.39 is 6.43 Å². The summed E-state index contributed by atoms with van der Waals surface area (Å²) in [5, 5.41) is 2.43. The first-order chi connectivity index (χ1) is 9.18. The van der Waals surface area contributed by atoms with Gasteiger partial charge >= 0.3 is 0 Å². The highest BCUT2D eigenvalue weighted by Crippen LogP contribution is 2.28.